The Morgan fingerprint density at radius 1 is 1.22 bits per heavy atom. The minimum atomic E-state index is -4.42. The summed E-state index contributed by atoms with van der Waals surface area (Å²) in [5, 5.41) is 0. The van der Waals surface area contributed by atoms with Crippen molar-refractivity contribution in [2.45, 2.75) is 25.9 Å². The van der Waals surface area contributed by atoms with Gasteiger partial charge < -0.3 is 0 Å². The lowest BCUT2D eigenvalue weighted by atomic mass is 10.2. The average Bonchev–Trinajstić information content (AvgIpc) is 2.77. The fourth-order valence-electron chi connectivity index (χ4n) is 1.75. The average molecular weight is 255 g/mol. The predicted octanol–water partition coefficient (Wildman–Crippen LogP) is 3.24. The van der Waals surface area contributed by atoms with Crippen molar-refractivity contribution in [1.29, 1.82) is 0 Å². The molecule has 0 aromatic carbocycles. The second kappa shape index (κ2) is 4.80. The Morgan fingerprint density at radius 2 is 2.00 bits per heavy atom. The summed E-state index contributed by atoms with van der Waals surface area (Å²) >= 11 is 0. The molecular formula is C12H12F3N3. The van der Waals surface area contributed by atoms with E-state index in [0.29, 0.717) is 12.2 Å². The minimum Gasteiger partial charge on any atom is -0.287 e. The third kappa shape index (κ3) is 2.37. The fraction of sp³-hybridized carbons (Fsp3) is 0.333. The standard InChI is InChI=1S/C12H12F3N3/c1-2-4-10-16-7-8-18(10)11-9(12(13,14)15)5-3-6-17-11/h3,5-8H,2,4H2,1H3. The van der Waals surface area contributed by atoms with Gasteiger partial charge in [-0.25, -0.2) is 9.97 Å². The number of halogens is 3. The van der Waals surface area contributed by atoms with Crippen molar-refractivity contribution >= 4 is 0 Å². The van der Waals surface area contributed by atoms with E-state index in [1.165, 1.54) is 29.2 Å². The molecule has 2 heterocycles. The molecule has 0 aliphatic heterocycles. The summed E-state index contributed by atoms with van der Waals surface area (Å²) in [6, 6.07) is 2.31. The Balaban J connectivity index is 2.54. The van der Waals surface area contributed by atoms with Crippen LogP contribution in [0, 0.1) is 0 Å². The SMILES string of the molecule is CCCc1nccn1-c1ncccc1C(F)(F)F. The largest absolute Gasteiger partial charge is 0.419 e. The third-order valence-corrected chi connectivity index (χ3v) is 2.51. The van der Waals surface area contributed by atoms with Gasteiger partial charge in [0.1, 0.15) is 11.6 Å². The second-order valence-corrected chi connectivity index (χ2v) is 3.84. The smallest absolute Gasteiger partial charge is 0.287 e. The zero-order valence-electron chi connectivity index (χ0n) is 9.78. The van der Waals surface area contributed by atoms with E-state index in [9.17, 15) is 13.2 Å². The van der Waals surface area contributed by atoms with E-state index in [4.69, 9.17) is 0 Å². The minimum absolute atomic E-state index is 0.119. The molecule has 0 aliphatic carbocycles. The maximum absolute atomic E-state index is 12.9. The molecule has 3 nitrogen and oxygen atoms in total. The Hall–Kier alpha value is -1.85. The molecule has 0 N–H and O–H groups in total. The van der Waals surface area contributed by atoms with Crippen LogP contribution in [-0.4, -0.2) is 14.5 Å². The Kier molecular flexibility index (Phi) is 3.36. The first kappa shape index (κ1) is 12.6. The normalized spacial score (nSPS) is 11.8. The van der Waals surface area contributed by atoms with Crippen molar-refractivity contribution in [2.24, 2.45) is 0 Å². The number of aryl methyl sites for hydroxylation is 1. The van der Waals surface area contributed by atoms with Gasteiger partial charge >= 0.3 is 6.18 Å². The van der Waals surface area contributed by atoms with Gasteiger partial charge in [0.2, 0.25) is 0 Å². The quantitative estimate of drug-likeness (QED) is 0.843. The molecule has 2 rings (SSSR count). The van der Waals surface area contributed by atoms with Gasteiger partial charge in [-0.2, -0.15) is 13.2 Å². The van der Waals surface area contributed by atoms with E-state index in [1.54, 1.807) is 0 Å². The maximum Gasteiger partial charge on any atom is 0.419 e. The number of aromatic nitrogens is 3. The van der Waals surface area contributed by atoms with Gasteiger partial charge in [0.05, 0.1) is 5.56 Å². The fourth-order valence-corrected chi connectivity index (χ4v) is 1.75. The van der Waals surface area contributed by atoms with Crippen LogP contribution in [0.5, 0.6) is 0 Å². The van der Waals surface area contributed by atoms with Gasteiger partial charge in [-0.1, -0.05) is 6.92 Å². The van der Waals surface area contributed by atoms with E-state index in [1.807, 2.05) is 6.92 Å². The number of hydrogen-bond donors (Lipinski definition) is 0. The monoisotopic (exact) mass is 255 g/mol. The van der Waals surface area contributed by atoms with Crippen molar-refractivity contribution < 1.29 is 13.2 Å². The molecule has 0 unspecified atom stereocenters. The van der Waals surface area contributed by atoms with Crippen molar-refractivity contribution in [1.82, 2.24) is 14.5 Å². The van der Waals surface area contributed by atoms with Crippen LogP contribution < -0.4 is 0 Å². The summed E-state index contributed by atoms with van der Waals surface area (Å²) < 4.78 is 40.0. The molecule has 0 saturated heterocycles. The Morgan fingerprint density at radius 3 is 2.67 bits per heavy atom. The lowest BCUT2D eigenvalue weighted by Crippen LogP contribution is -2.13. The number of alkyl halides is 3. The summed E-state index contributed by atoms with van der Waals surface area (Å²) in [5.41, 5.74) is -0.750. The van der Waals surface area contributed by atoms with Crippen LogP contribution in [0.25, 0.3) is 5.82 Å². The summed E-state index contributed by atoms with van der Waals surface area (Å²) in [7, 11) is 0. The number of rotatable bonds is 3. The summed E-state index contributed by atoms with van der Waals surface area (Å²) in [4.78, 5) is 7.89. The van der Waals surface area contributed by atoms with E-state index in [-0.39, 0.29) is 5.82 Å². The molecule has 0 fully saturated rings. The highest BCUT2D eigenvalue weighted by atomic mass is 19.4. The van der Waals surface area contributed by atoms with E-state index < -0.39 is 11.7 Å². The van der Waals surface area contributed by atoms with Gasteiger partial charge in [-0.3, -0.25) is 4.57 Å². The van der Waals surface area contributed by atoms with Gasteiger partial charge in [0.25, 0.3) is 0 Å². The zero-order valence-corrected chi connectivity index (χ0v) is 9.78. The van der Waals surface area contributed by atoms with Gasteiger partial charge in [0, 0.05) is 25.0 Å². The first-order valence-electron chi connectivity index (χ1n) is 5.59. The van der Waals surface area contributed by atoms with Crippen LogP contribution >= 0.6 is 0 Å². The topological polar surface area (TPSA) is 30.7 Å². The predicted molar refractivity (Wildman–Crippen MR) is 60.4 cm³/mol. The van der Waals surface area contributed by atoms with Crippen molar-refractivity contribution in [3.05, 3.63) is 42.1 Å². The molecule has 0 aliphatic rings. The number of imidazole rings is 1. The van der Waals surface area contributed by atoms with Crippen molar-refractivity contribution in [3.63, 3.8) is 0 Å². The third-order valence-electron chi connectivity index (χ3n) is 2.51. The number of nitrogens with zero attached hydrogens (tertiary/aromatic N) is 3. The van der Waals surface area contributed by atoms with Crippen LogP contribution in [-0.2, 0) is 12.6 Å². The van der Waals surface area contributed by atoms with Gasteiger partial charge in [-0.15, -0.1) is 0 Å². The lowest BCUT2D eigenvalue weighted by molar-refractivity contribution is -0.137. The molecule has 6 heteroatoms. The first-order chi connectivity index (χ1) is 8.54. The van der Waals surface area contributed by atoms with Crippen LogP contribution in [0.15, 0.2) is 30.7 Å². The Labute approximate surface area is 102 Å². The van der Waals surface area contributed by atoms with E-state index in [0.717, 1.165) is 12.5 Å². The van der Waals surface area contributed by atoms with Crippen LogP contribution in [0.3, 0.4) is 0 Å². The molecule has 0 spiro atoms. The molecule has 0 amide bonds. The molecule has 96 valence electrons. The highest BCUT2D eigenvalue weighted by Gasteiger charge is 2.34. The molecule has 0 bridgehead atoms. The molecule has 0 saturated carbocycles. The molecular weight excluding hydrogens is 243 g/mol. The molecule has 18 heavy (non-hydrogen) atoms. The first-order valence-corrected chi connectivity index (χ1v) is 5.59. The van der Waals surface area contributed by atoms with Crippen LogP contribution in [0.1, 0.15) is 24.7 Å². The summed E-state index contributed by atoms with van der Waals surface area (Å²) in [6.45, 7) is 1.95. The zero-order chi connectivity index (χ0) is 13.2. The Bertz CT molecular complexity index is 531. The molecule has 0 atom stereocenters. The lowest BCUT2D eigenvalue weighted by Gasteiger charge is -2.13. The highest BCUT2D eigenvalue weighted by molar-refractivity contribution is 5.37. The van der Waals surface area contributed by atoms with Crippen LogP contribution in [0.4, 0.5) is 13.2 Å². The van der Waals surface area contributed by atoms with E-state index >= 15 is 0 Å². The van der Waals surface area contributed by atoms with E-state index in [2.05, 4.69) is 9.97 Å². The summed E-state index contributed by atoms with van der Waals surface area (Å²) in [6.07, 6.45) is 1.34. The maximum atomic E-state index is 12.9. The highest BCUT2D eigenvalue weighted by Crippen LogP contribution is 2.32. The summed E-state index contributed by atoms with van der Waals surface area (Å²) in [5.74, 6) is 0.465. The molecule has 2 aromatic rings. The van der Waals surface area contributed by atoms with Crippen molar-refractivity contribution in [3.8, 4) is 5.82 Å². The second-order valence-electron chi connectivity index (χ2n) is 3.84. The van der Waals surface area contributed by atoms with Gasteiger partial charge in [0.15, 0.2) is 0 Å². The molecule has 2 aromatic heterocycles. The van der Waals surface area contributed by atoms with Crippen LogP contribution in [0.2, 0.25) is 0 Å². The number of pyridine rings is 1. The molecule has 0 radical (unpaired) electrons. The van der Waals surface area contributed by atoms with Crippen molar-refractivity contribution in [2.75, 3.05) is 0 Å². The van der Waals surface area contributed by atoms with Gasteiger partial charge in [-0.05, 0) is 18.6 Å². The number of hydrogen-bond acceptors (Lipinski definition) is 2.